The fourth-order valence-electron chi connectivity index (χ4n) is 2.69. The van der Waals surface area contributed by atoms with Gasteiger partial charge in [0.05, 0.1) is 7.11 Å². The molecule has 4 aromatic rings. The van der Waals surface area contributed by atoms with E-state index in [1.165, 1.54) is 6.33 Å². The van der Waals surface area contributed by atoms with Crippen LogP contribution in [0.3, 0.4) is 0 Å². The monoisotopic (exact) mass is 366 g/mol. The van der Waals surface area contributed by atoms with Crippen molar-refractivity contribution in [1.29, 1.82) is 0 Å². The van der Waals surface area contributed by atoms with Gasteiger partial charge in [-0.05, 0) is 29.8 Å². The van der Waals surface area contributed by atoms with E-state index in [0.717, 1.165) is 22.3 Å². The normalized spacial score (nSPS) is 10.8. The van der Waals surface area contributed by atoms with Crippen LogP contribution in [-0.4, -0.2) is 22.2 Å². The molecule has 0 aliphatic rings. The molecule has 0 amide bonds. The molecule has 0 atom stereocenters. The quantitative estimate of drug-likeness (QED) is 0.558. The Balaban J connectivity index is 1.68. The minimum Gasteiger partial charge on any atom is -0.497 e. The third kappa shape index (κ3) is 3.19. The first-order chi connectivity index (χ1) is 12.7. The predicted octanol–water partition coefficient (Wildman–Crippen LogP) is 4.56. The average molecular weight is 367 g/mol. The molecule has 0 fully saturated rings. The molecule has 26 heavy (non-hydrogen) atoms. The van der Waals surface area contributed by atoms with Gasteiger partial charge in [0.2, 0.25) is 0 Å². The van der Waals surface area contributed by atoms with Gasteiger partial charge in [-0.2, -0.15) is 4.98 Å². The maximum atomic E-state index is 5.97. The van der Waals surface area contributed by atoms with E-state index in [-0.39, 0.29) is 0 Å². The van der Waals surface area contributed by atoms with Crippen LogP contribution in [0.25, 0.3) is 22.4 Å². The Morgan fingerprint density at radius 2 is 1.96 bits per heavy atom. The Morgan fingerprint density at radius 3 is 2.77 bits per heavy atom. The summed E-state index contributed by atoms with van der Waals surface area (Å²) in [6.45, 7) is 0.578. The maximum absolute atomic E-state index is 5.97. The zero-order valence-electron chi connectivity index (χ0n) is 13.9. The fourth-order valence-corrected chi connectivity index (χ4v) is 2.82. The minimum absolute atomic E-state index is 0.429. The van der Waals surface area contributed by atoms with Crippen molar-refractivity contribution in [3.05, 3.63) is 65.4 Å². The van der Waals surface area contributed by atoms with Crippen molar-refractivity contribution in [3.8, 4) is 17.0 Å². The molecule has 1 N–H and O–H groups in total. The fraction of sp³-hybridized carbons (Fsp3) is 0.105. The summed E-state index contributed by atoms with van der Waals surface area (Å²) in [7, 11) is 1.65. The number of hydrogen-bond donors (Lipinski definition) is 1. The molecule has 6 nitrogen and oxygen atoms in total. The van der Waals surface area contributed by atoms with Gasteiger partial charge in [0.25, 0.3) is 5.71 Å². The number of aromatic nitrogens is 3. The first-order valence-electron chi connectivity index (χ1n) is 7.98. The van der Waals surface area contributed by atoms with Crippen molar-refractivity contribution in [2.24, 2.45) is 0 Å². The molecule has 0 spiro atoms. The van der Waals surface area contributed by atoms with Crippen LogP contribution >= 0.6 is 11.6 Å². The highest BCUT2D eigenvalue weighted by molar-refractivity contribution is 6.30. The largest absolute Gasteiger partial charge is 0.497 e. The molecule has 0 radical (unpaired) electrons. The lowest BCUT2D eigenvalue weighted by Gasteiger charge is -2.08. The zero-order valence-corrected chi connectivity index (χ0v) is 14.7. The van der Waals surface area contributed by atoms with Crippen molar-refractivity contribution in [1.82, 2.24) is 15.1 Å². The van der Waals surface area contributed by atoms with E-state index in [1.807, 2.05) is 48.5 Å². The van der Waals surface area contributed by atoms with Crippen LogP contribution in [0.2, 0.25) is 5.02 Å². The van der Waals surface area contributed by atoms with E-state index < -0.39 is 0 Å². The van der Waals surface area contributed by atoms with Gasteiger partial charge in [0, 0.05) is 17.1 Å². The lowest BCUT2D eigenvalue weighted by atomic mass is 10.1. The second kappa shape index (κ2) is 7.01. The van der Waals surface area contributed by atoms with Crippen LogP contribution in [0.5, 0.6) is 5.75 Å². The molecule has 0 saturated heterocycles. The molecule has 2 heterocycles. The van der Waals surface area contributed by atoms with Crippen LogP contribution in [0.4, 0.5) is 5.82 Å². The molecule has 130 valence electrons. The summed E-state index contributed by atoms with van der Waals surface area (Å²) in [6, 6.07) is 15.2. The third-order valence-electron chi connectivity index (χ3n) is 3.98. The van der Waals surface area contributed by atoms with E-state index >= 15 is 0 Å². The number of anilines is 1. The lowest BCUT2D eigenvalue weighted by Crippen LogP contribution is -2.02. The predicted molar refractivity (Wildman–Crippen MR) is 100 cm³/mol. The molecular formula is C19H15ClN4O2. The SMILES string of the molecule is COc1cccc(CNc2ncnc3onc(-c4ccc(Cl)cc4)c23)c1. The number of halogens is 1. The van der Waals surface area contributed by atoms with Gasteiger partial charge in [-0.15, -0.1) is 0 Å². The highest BCUT2D eigenvalue weighted by Gasteiger charge is 2.16. The molecule has 0 bridgehead atoms. The highest BCUT2D eigenvalue weighted by Crippen LogP contribution is 2.32. The molecule has 4 rings (SSSR count). The highest BCUT2D eigenvalue weighted by atomic mass is 35.5. The molecule has 2 aromatic carbocycles. The summed E-state index contributed by atoms with van der Waals surface area (Å²) in [4.78, 5) is 8.52. The lowest BCUT2D eigenvalue weighted by molar-refractivity contribution is 0.414. The topological polar surface area (TPSA) is 73.1 Å². The van der Waals surface area contributed by atoms with Gasteiger partial charge < -0.3 is 14.6 Å². The average Bonchev–Trinajstić information content (AvgIpc) is 3.12. The summed E-state index contributed by atoms with van der Waals surface area (Å²) in [5.41, 5.74) is 3.05. The molecule has 0 unspecified atom stereocenters. The summed E-state index contributed by atoms with van der Waals surface area (Å²) in [5, 5.41) is 8.88. The van der Waals surface area contributed by atoms with Gasteiger partial charge in [-0.25, -0.2) is 4.98 Å². The summed E-state index contributed by atoms with van der Waals surface area (Å²) < 4.78 is 10.6. The van der Waals surface area contributed by atoms with Crippen molar-refractivity contribution >= 4 is 28.5 Å². The third-order valence-corrected chi connectivity index (χ3v) is 4.24. The number of benzene rings is 2. The minimum atomic E-state index is 0.429. The van der Waals surface area contributed by atoms with Gasteiger partial charge in [-0.1, -0.05) is 41.0 Å². The zero-order chi connectivity index (χ0) is 17.9. The number of rotatable bonds is 5. The van der Waals surface area contributed by atoms with Gasteiger partial charge in [-0.3, -0.25) is 0 Å². The van der Waals surface area contributed by atoms with Gasteiger partial charge in [0.15, 0.2) is 0 Å². The number of ether oxygens (including phenoxy) is 1. The van der Waals surface area contributed by atoms with Crippen LogP contribution in [0.15, 0.2) is 59.4 Å². The first-order valence-corrected chi connectivity index (χ1v) is 8.35. The van der Waals surface area contributed by atoms with Crippen molar-refractivity contribution in [2.45, 2.75) is 6.54 Å². The Bertz CT molecular complexity index is 1050. The van der Waals surface area contributed by atoms with E-state index in [4.69, 9.17) is 20.9 Å². The second-order valence-electron chi connectivity index (χ2n) is 5.65. The number of nitrogens with zero attached hydrogens (tertiary/aromatic N) is 3. The smallest absolute Gasteiger partial charge is 0.263 e. The number of methoxy groups -OCH3 is 1. The summed E-state index contributed by atoms with van der Waals surface area (Å²) >= 11 is 5.97. The molecule has 7 heteroatoms. The van der Waals surface area contributed by atoms with Crippen LogP contribution < -0.4 is 10.1 Å². The maximum Gasteiger partial charge on any atom is 0.263 e. The Hall–Kier alpha value is -3.12. The Kier molecular flexibility index (Phi) is 4.41. The van der Waals surface area contributed by atoms with Crippen LogP contribution in [-0.2, 0) is 6.54 Å². The van der Waals surface area contributed by atoms with Gasteiger partial charge in [0.1, 0.15) is 29.0 Å². The summed E-state index contributed by atoms with van der Waals surface area (Å²) in [5.74, 6) is 1.47. The molecule has 0 aliphatic carbocycles. The Morgan fingerprint density at radius 1 is 1.12 bits per heavy atom. The van der Waals surface area contributed by atoms with E-state index in [9.17, 15) is 0 Å². The molecule has 2 aromatic heterocycles. The number of fused-ring (bicyclic) bond motifs is 1. The van der Waals surface area contributed by atoms with Gasteiger partial charge >= 0.3 is 0 Å². The summed E-state index contributed by atoms with van der Waals surface area (Å²) in [6.07, 6.45) is 1.45. The number of nitrogens with one attached hydrogen (secondary N) is 1. The molecule has 0 saturated carbocycles. The van der Waals surface area contributed by atoms with E-state index in [1.54, 1.807) is 7.11 Å². The second-order valence-corrected chi connectivity index (χ2v) is 6.08. The van der Waals surface area contributed by atoms with Crippen molar-refractivity contribution < 1.29 is 9.26 Å². The van der Waals surface area contributed by atoms with Crippen LogP contribution in [0, 0.1) is 0 Å². The first kappa shape index (κ1) is 16.4. The van der Waals surface area contributed by atoms with Crippen LogP contribution in [0.1, 0.15) is 5.56 Å². The van der Waals surface area contributed by atoms with Crippen molar-refractivity contribution in [2.75, 3.05) is 12.4 Å². The molecule has 0 aliphatic heterocycles. The van der Waals surface area contributed by atoms with E-state index in [0.29, 0.717) is 28.8 Å². The van der Waals surface area contributed by atoms with Crippen molar-refractivity contribution in [3.63, 3.8) is 0 Å². The standard InChI is InChI=1S/C19H15ClN4O2/c1-25-15-4-2-3-12(9-15)10-21-18-16-17(13-5-7-14(20)8-6-13)24-26-19(16)23-11-22-18/h2-9,11H,10H2,1H3,(H,21,22,23). The van der Waals surface area contributed by atoms with E-state index in [2.05, 4.69) is 20.4 Å². The number of hydrogen-bond acceptors (Lipinski definition) is 6. The molecular weight excluding hydrogens is 352 g/mol. The Labute approximate surface area is 154 Å².